The lowest BCUT2D eigenvalue weighted by molar-refractivity contribution is -0.114. The molecular weight excluding hydrogens is 260 g/mol. The van der Waals surface area contributed by atoms with Crippen LogP contribution in [-0.4, -0.2) is 17.0 Å². The molecule has 1 fully saturated rings. The highest BCUT2D eigenvalue weighted by molar-refractivity contribution is 6.06. The van der Waals surface area contributed by atoms with Crippen LogP contribution in [0.3, 0.4) is 0 Å². The van der Waals surface area contributed by atoms with Gasteiger partial charge >= 0.3 is 0 Å². The van der Waals surface area contributed by atoms with Crippen molar-refractivity contribution < 1.29 is 9.90 Å². The number of carbonyl (C=O) groups excluding carboxylic acids is 1. The van der Waals surface area contributed by atoms with Gasteiger partial charge in [-0.2, -0.15) is 0 Å². The van der Waals surface area contributed by atoms with E-state index in [4.69, 9.17) is 0 Å². The Bertz CT molecular complexity index is 486. The monoisotopic (exact) mass is 288 g/mol. The summed E-state index contributed by atoms with van der Waals surface area (Å²) in [7, 11) is 0. The Labute approximate surface area is 128 Å². The fourth-order valence-corrected chi connectivity index (χ4v) is 4.03. The number of rotatable bonds is 4. The zero-order chi connectivity index (χ0) is 15.6. The quantitative estimate of drug-likeness (QED) is 0.621. The van der Waals surface area contributed by atoms with Gasteiger partial charge < -0.3 is 5.11 Å². The van der Waals surface area contributed by atoms with Gasteiger partial charge in [-0.05, 0) is 49.2 Å². The molecular formula is C19H28O2. The van der Waals surface area contributed by atoms with Crippen LogP contribution in [0.25, 0.3) is 0 Å². The first-order valence-electron chi connectivity index (χ1n) is 8.23. The summed E-state index contributed by atoms with van der Waals surface area (Å²) >= 11 is 0. The van der Waals surface area contributed by atoms with E-state index < -0.39 is 0 Å². The Morgan fingerprint density at radius 3 is 2.90 bits per heavy atom. The summed E-state index contributed by atoms with van der Waals surface area (Å²) in [6.45, 7) is 10.3. The van der Waals surface area contributed by atoms with Crippen LogP contribution in [0.15, 0.2) is 36.0 Å². The molecule has 0 heterocycles. The van der Waals surface area contributed by atoms with Crippen LogP contribution in [-0.2, 0) is 4.79 Å². The van der Waals surface area contributed by atoms with Gasteiger partial charge in [0.05, 0.1) is 6.10 Å². The molecule has 2 nitrogen and oxygen atoms in total. The molecule has 0 aromatic carbocycles. The van der Waals surface area contributed by atoms with Crippen LogP contribution < -0.4 is 0 Å². The average molecular weight is 288 g/mol. The molecule has 0 radical (unpaired) electrons. The molecule has 1 saturated carbocycles. The molecule has 21 heavy (non-hydrogen) atoms. The molecule has 0 bridgehead atoms. The lowest BCUT2D eigenvalue weighted by Gasteiger charge is -2.50. The van der Waals surface area contributed by atoms with Gasteiger partial charge in [-0.15, -0.1) is 6.58 Å². The molecule has 0 aromatic heterocycles. The standard InChI is InChI=1S/C19H28O2/c1-5-10-19-14(4)16(11-13(3)6-2)17(20)12-15(19)8-7-9-18(19)21/h5,11-14,18,21H,1,6-10H2,2-4H3/t13?,14-,18-,19-/m0/s1. The Kier molecular flexibility index (Phi) is 4.88. The SMILES string of the molecule is C=CC[C@@]12C(=CC(=O)C(=CC(C)CC)[C@@H]1C)CCC[C@@H]2O. The Morgan fingerprint density at radius 1 is 1.57 bits per heavy atom. The molecule has 2 heteroatoms. The maximum atomic E-state index is 12.5. The van der Waals surface area contributed by atoms with Gasteiger partial charge in [0.2, 0.25) is 0 Å². The van der Waals surface area contributed by atoms with E-state index in [0.717, 1.165) is 43.3 Å². The van der Waals surface area contributed by atoms with E-state index in [1.807, 2.05) is 6.08 Å². The lowest BCUT2D eigenvalue weighted by atomic mass is 9.55. The molecule has 0 spiro atoms. The van der Waals surface area contributed by atoms with Crippen molar-refractivity contribution in [2.75, 3.05) is 0 Å². The van der Waals surface area contributed by atoms with Crippen molar-refractivity contribution >= 4 is 5.78 Å². The second kappa shape index (κ2) is 6.31. The van der Waals surface area contributed by atoms with Crippen LogP contribution in [0.1, 0.15) is 52.9 Å². The number of allylic oxidation sites excluding steroid dienone is 4. The van der Waals surface area contributed by atoms with Crippen LogP contribution in [0.5, 0.6) is 0 Å². The summed E-state index contributed by atoms with van der Waals surface area (Å²) in [6, 6.07) is 0. The first-order chi connectivity index (χ1) is 9.97. The largest absolute Gasteiger partial charge is 0.392 e. The minimum Gasteiger partial charge on any atom is -0.392 e. The van der Waals surface area contributed by atoms with Gasteiger partial charge in [-0.1, -0.05) is 44.9 Å². The predicted molar refractivity (Wildman–Crippen MR) is 86.9 cm³/mol. The highest BCUT2D eigenvalue weighted by atomic mass is 16.3. The normalized spacial score (nSPS) is 36.1. The fraction of sp³-hybridized carbons (Fsp3) is 0.632. The van der Waals surface area contributed by atoms with E-state index in [2.05, 4.69) is 33.4 Å². The fourth-order valence-electron chi connectivity index (χ4n) is 4.03. The first kappa shape index (κ1) is 16.2. The van der Waals surface area contributed by atoms with Gasteiger partial charge in [0, 0.05) is 5.41 Å². The minimum absolute atomic E-state index is 0.0623. The number of hydrogen-bond acceptors (Lipinski definition) is 2. The zero-order valence-corrected chi connectivity index (χ0v) is 13.6. The highest BCUT2D eigenvalue weighted by Gasteiger charge is 2.50. The molecule has 0 aromatic rings. The number of carbonyl (C=O) groups is 1. The molecule has 1 unspecified atom stereocenters. The average Bonchev–Trinajstić information content (AvgIpc) is 2.46. The second-order valence-corrected chi connectivity index (χ2v) is 6.70. The van der Waals surface area contributed by atoms with E-state index in [1.54, 1.807) is 6.08 Å². The Balaban J connectivity index is 2.53. The molecule has 1 N–H and O–H groups in total. The zero-order valence-electron chi connectivity index (χ0n) is 13.6. The van der Waals surface area contributed by atoms with E-state index >= 15 is 0 Å². The van der Waals surface area contributed by atoms with Crippen LogP contribution >= 0.6 is 0 Å². The molecule has 2 aliphatic rings. The molecule has 2 aliphatic carbocycles. The Morgan fingerprint density at radius 2 is 2.29 bits per heavy atom. The molecule has 2 rings (SSSR count). The number of fused-ring (bicyclic) bond motifs is 1. The van der Waals surface area contributed by atoms with E-state index in [9.17, 15) is 9.90 Å². The lowest BCUT2D eigenvalue weighted by Crippen LogP contribution is -2.48. The van der Waals surface area contributed by atoms with Crippen LogP contribution in [0.4, 0.5) is 0 Å². The van der Waals surface area contributed by atoms with E-state index in [0.29, 0.717) is 5.92 Å². The topological polar surface area (TPSA) is 37.3 Å². The van der Waals surface area contributed by atoms with Crippen molar-refractivity contribution in [1.29, 1.82) is 0 Å². The van der Waals surface area contributed by atoms with Crippen molar-refractivity contribution in [1.82, 2.24) is 0 Å². The maximum absolute atomic E-state index is 12.5. The summed E-state index contributed by atoms with van der Waals surface area (Å²) in [5, 5.41) is 10.7. The summed E-state index contributed by atoms with van der Waals surface area (Å²) < 4.78 is 0. The van der Waals surface area contributed by atoms with Crippen molar-refractivity contribution in [3.05, 3.63) is 36.0 Å². The maximum Gasteiger partial charge on any atom is 0.181 e. The molecule has 0 amide bonds. The molecule has 4 atom stereocenters. The van der Waals surface area contributed by atoms with Crippen molar-refractivity contribution in [3.8, 4) is 0 Å². The summed E-state index contributed by atoms with van der Waals surface area (Å²) in [4.78, 5) is 12.5. The van der Waals surface area contributed by atoms with Crippen LogP contribution in [0, 0.1) is 17.3 Å². The van der Waals surface area contributed by atoms with E-state index in [-0.39, 0.29) is 23.2 Å². The van der Waals surface area contributed by atoms with Gasteiger partial charge in [0.25, 0.3) is 0 Å². The van der Waals surface area contributed by atoms with Gasteiger partial charge in [-0.3, -0.25) is 4.79 Å². The second-order valence-electron chi connectivity index (χ2n) is 6.70. The van der Waals surface area contributed by atoms with Crippen molar-refractivity contribution in [2.45, 2.75) is 59.0 Å². The number of aliphatic hydroxyl groups is 1. The van der Waals surface area contributed by atoms with Gasteiger partial charge in [0.15, 0.2) is 5.78 Å². The third-order valence-electron chi connectivity index (χ3n) is 5.54. The third-order valence-corrected chi connectivity index (χ3v) is 5.54. The molecule has 0 aliphatic heterocycles. The number of ketones is 1. The van der Waals surface area contributed by atoms with Crippen LogP contribution in [0.2, 0.25) is 0 Å². The number of hydrogen-bond donors (Lipinski definition) is 1. The third kappa shape index (κ3) is 2.66. The van der Waals surface area contributed by atoms with Crippen molar-refractivity contribution in [2.24, 2.45) is 17.3 Å². The molecule has 0 saturated heterocycles. The number of aliphatic hydroxyl groups excluding tert-OH is 1. The summed E-state index contributed by atoms with van der Waals surface area (Å²) in [6.07, 6.45) is 9.93. The highest BCUT2D eigenvalue weighted by Crippen LogP contribution is 2.54. The van der Waals surface area contributed by atoms with Gasteiger partial charge in [0.1, 0.15) is 0 Å². The Hall–Kier alpha value is -1.15. The van der Waals surface area contributed by atoms with E-state index in [1.165, 1.54) is 0 Å². The summed E-state index contributed by atoms with van der Waals surface area (Å²) in [5.41, 5.74) is 1.71. The summed E-state index contributed by atoms with van der Waals surface area (Å²) in [5.74, 6) is 0.599. The minimum atomic E-state index is -0.376. The predicted octanol–water partition coefficient (Wildman–Crippen LogP) is 4.21. The first-order valence-corrected chi connectivity index (χ1v) is 8.23. The molecule has 116 valence electrons. The van der Waals surface area contributed by atoms with Crippen molar-refractivity contribution in [3.63, 3.8) is 0 Å². The van der Waals surface area contributed by atoms with Gasteiger partial charge in [-0.25, -0.2) is 0 Å². The smallest absolute Gasteiger partial charge is 0.181 e.